The summed E-state index contributed by atoms with van der Waals surface area (Å²) in [7, 11) is -3.66. The first-order chi connectivity index (χ1) is 8.37. The number of halogens is 2. The molecule has 1 aromatic carbocycles. The van der Waals surface area contributed by atoms with Crippen LogP contribution in [0.5, 0.6) is 0 Å². The minimum atomic E-state index is -3.66. The summed E-state index contributed by atoms with van der Waals surface area (Å²) in [5.74, 6) is 0. The first-order valence-corrected chi connectivity index (χ1v) is 7.29. The Morgan fingerprint density at radius 1 is 1.33 bits per heavy atom. The Morgan fingerprint density at radius 2 is 1.89 bits per heavy atom. The number of hydrogen-bond acceptors (Lipinski definition) is 2. The van der Waals surface area contributed by atoms with Crippen molar-refractivity contribution in [2.75, 3.05) is 6.54 Å². The van der Waals surface area contributed by atoms with Gasteiger partial charge in [0.25, 0.3) is 10.0 Å². The summed E-state index contributed by atoms with van der Waals surface area (Å²) in [6.45, 7) is 5.49. The Kier molecular flexibility index (Phi) is 5.26. The van der Waals surface area contributed by atoms with Crippen molar-refractivity contribution in [3.05, 3.63) is 53.2 Å². The summed E-state index contributed by atoms with van der Waals surface area (Å²) in [6.07, 6.45) is 2.61. The Morgan fingerprint density at radius 3 is 2.33 bits per heavy atom. The molecule has 6 heteroatoms. The second kappa shape index (κ2) is 6.27. The van der Waals surface area contributed by atoms with Gasteiger partial charge in [-0.15, -0.1) is 6.58 Å². The van der Waals surface area contributed by atoms with Gasteiger partial charge in [-0.25, -0.2) is 8.42 Å². The highest BCUT2D eigenvalue weighted by Gasteiger charge is 2.20. The molecule has 0 heterocycles. The fourth-order valence-corrected chi connectivity index (χ4v) is 2.95. The maximum Gasteiger partial charge on any atom is 0.264 e. The summed E-state index contributed by atoms with van der Waals surface area (Å²) >= 11 is 11.0. The minimum absolute atomic E-state index is 0.0964. The Hall–Kier alpha value is -0.970. The van der Waals surface area contributed by atoms with Crippen molar-refractivity contribution in [3.63, 3.8) is 0 Å². The van der Waals surface area contributed by atoms with Gasteiger partial charge in [0.05, 0.1) is 11.4 Å². The van der Waals surface area contributed by atoms with Crippen LogP contribution in [0.25, 0.3) is 0 Å². The average molecular weight is 306 g/mol. The van der Waals surface area contributed by atoms with Crippen LogP contribution in [0.1, 0.15) is 5.56 Å². The van der Waals surface area contributed by atoms with Gasteiger partial charge in [-0.05, 0) is 19.1 Å². The lowest BCUT2D eigenvalue weighted by Gasteiger charge is -2.18. The van der Waals surface area contributed by atoms with E-state index in [4.69, 9.17) is 23.2 Å². The van der Waals surface area contributed by atoms with Crippen molar-refractivity contribution in [2.45, 2.75) is 11.8 Å². The van der Waals surface area contributed by atoms with Gasteiger partial charge in [-0.3, -0.25) is 4.31 Å². The van der Waals surface area contributed by atoms with Gasteiger partial charge in [0, 0.05) is 6.20 Å². The molecule has 0 spiro atoms. The van der Waals surface area contributed by atoms with Crippen LogP contribution in [0.2, 0.25) is 0 Å². The van der Waals surface area contributed by atoms with Crippen LogP contribution >= 0.6 is 23.2 Å². The molecule has 1 aromatic rings. The number of rotatable bonds is 5. The van der Waals surface area contributed by atoms with Gasteiger partial charge < -0.3 is 0 Å². The smallest absolute Gasteiger partial charge is 0.264 e. The van der Waals surface area contributed by atoms with Gasteiger partial charge in [0.1, 0.15) is 4.49 Å². The number of sulfonamides is 1. The normalized spacial score (nSPS) is 10.8. The van der Waals surface area contributed by atoms with E-state index in [1.807, 2.05) is 6.92 Å². The maximum absolute atomic E-state index is 12.3. The molecule has 0 fully saturated rings. The van der Waals surface area contributed by atoms with E-state index in [-0.39, 0.29) is 15.9 Å². The summed E-state index contributed by atoms with van der Waals surface area (Å²) in [6, 6.07) is 6.53. The lowest BCUT2D eigenvalue weighted by molar-refractivity contribution is 0.522. The molecular formula is C12H13Cl2NO2S. The average Bonchev–Trinajstić information content (AvgIpc) is 2.28. The number of aryl methyl sites for hydroxylation is 1. The van der Waals surface area contributed by atoms with Crippen molar-refractivity contribution < 1.29 is 8.42 Å². The maximum atomic E-state index is 12.3. The predicted molar refractivity (Wildman–Crippen MR) is 75.1 cm³/mol. The highest BCUT2D eigenvalue weighted by Crippen LogP contribution is 2.19. The van der Waals surface area contributed by atoms with Gasteiger partial charge in [-0.1, -0.05) is 47.0 Å². The number of hydrogen-bond donors (Lipinski definition) is 0. The number of benzene rings is 1. The van der Waals surface area contributed by atoms with Crippen LogP contribution < -0.4 is 0 Å². The van der Waals surface area contributed by atoms with E-state index >= 15 is 0 Å². The number of nitrogens with zero attached hydrogens (tertiary/aromatic N) is 1. The van der Waals surface area contributed by atoms with E-state index in [0.29, 0.717) is 0 Å². The molecule has 18 heavy (non-hydrogen) atoms. The lowest BCUT2D eigenvalue weighted by Crippen LogP contribution is -2.26. The standard InChI is InChI=1S/C12H13Cl2NO2S/c1-3-8-15(9-12(13)14)18(16,17)11-6-4-10(2)5-7-11/h3-7,9H,1,8H2,2H3. The highest BCUT2D eigenvalue weighted by molar-refractivity contribution is 7.89. The fraction of sp³-hybridized carbons (Fsp3) is 0.167. The van der Waals surface area contributed by atoms with Gasteiger partial charge in [0.2, 0.25) is 0 Å². The van der Waals surface area contributed by atoms with Crippen molar-refractivity contribution in [2.24, 2.45) is 0 Å². The molecule has 0 aliphatic heterocycles. The largest absolute Gasteiger partial charge is 0.267 e. The van der Waals surface area contributed by atoms with Crippen molar-refractivity contribution >= 4 is 33.2 Å². The zero-order valence-corrected chi connectivity index (χ0v) is 12.1. The molecule has 0 unspecified atom stereocenters. The summed E-state index contributed by atoms with van der Waals surface area (Å²) in [5.41, 5.74) is 0.982. The summed E-state index contributed by atoms with van der Waals surface area (Å²) < 4.78 is 25.5. The second-order valence-corrected chi connectivity index (χ2v) is 6.49. The molecule has 1 rings (SSSR count). The van der Waals surface area contributed by atoms with Crippen molar-refractivity contribution in [1.29, 1.82) is 0 Å². The molecule has 0 aliphatic rings. The molecule has 0 saturated heterocycles. The molecule has 3 nitrogen and oxygen atoms in total. The zero-order chi connectivity index (χ0) is 13.8. The van der Waals surface area contributed by atoms with Gasteiger partial charge in [-0.2, -0.15) is 0 Å². The zero-order valence-electron chi connectivity index (χ0n) is 9.81. The van der Waals surface area contributed by atoms with E-state index in [9.17, 15) is 8.42 Å². The topological polar surface area (TPSA) is 37.4 Å². The third kappa shape index (κ3) is 3.77. The summed E-state index contributed by atoms with van der Waals surface area (Å²) in [4.78, 5) is 0.181. The molecule has 0 radical (unpaired) electrons. The van der Waals surface area contributed by atoms with E-state index in [1.54, 1.807) is 12.1 Å². The van der Waals surface area contributed by atoms with Gasteiger partial charge in [0.15, 0.2) is 0 Å². The quantitative estimate of drug-likeness (QED) is 0.781. The molecule has 0 saturated carbocycles. The van der Waals surface area contributed by atoms with Crippen LogP contribution in [0.4, 0.5) is 0 Å². The van der Waals surface area contributed by atoms with E-state index in [0.717, 1.165) is 16.1 Å². The molecule has 0 bridgehead atoms. The fourth-order valence-electron chi connectivity index (χ4n) is 1.30. The van der Waals surface area contributed by atoms with Crippen LogP contribution in [-0.4, -0.2) is 19.3 Å². The van der Waals surface area contributed by atoms with Crippen LogP contribution in [-0.2, 0) is 10.0 Å². The SMILES string of the molecule is C=CCN(C=C(Cl)Cl)S(=O)(=O)c1ccc(C)cc1. The van der Waals surface area contributed by atoms with Crippen LogP contribution in [0.3, 0.4) is 0 Å². The van der Waals surface area contributed by atoms with E-state index < -0.39 is 10.0 Å². The van der Waals surface area contributed by atoms with Crippen molar-refractivity contribution in [3.8, 4) is 0 Å². The highest BCUT2D eigenvalue weighted by atomic mass is 35.5. The monoisotopic (exact) mass is 305 g/mol. The molecular weight excluding hydrogens is 293 g/mol. The molecule has 0 N–H and O–H groups in total. The molecule has 0 atom stereocenters. The third-order valence-electron chi connectivity index (χ3n) is 2.18. The lowest BCUT2D eigenvalue weighted by atomic mass is 10.2. The van der Waals surface area contributed by atoms with Crippen molar-refractivity contribution in [1.82, 2.24) is 4.31 Å². The molecule has 0 aliphatic carbocycles. The third-order valence-corrected chi connectivity index (χ3v) is 4.11. The molecule has 0 aromatic heterocycles. The van der Waals surface area contributed by atoms with Gasteiger partial charge >= 0.3 is 0 Å². The summed E-state index contributed by atoms with van der Waals surface area (Å²) in [5, 5.41) is 0. The second-order valence-electron chi connectivity index (χ2n) is 3.60. The Balaban J connectivity index is 3.20. The molecule has 0 amide bonds. The van der Waals surface area contributed by atoms with E-state index in [2.05, 4.69) is 6.58 Å². The first-order valence-electron chi connectivity index (χ1n) is 5.10. The Labute approximate surface area is 117 Å². The van der Waals surface area contributed by atoms with Crippen LogP contribution in [0, 0.1) is 6.92 Å². The molecule has 98 valence electrons. The van der Waals surface area contributed by atoms with Crippen LogP contribution in [0.15, 0.2) is 52.5 Å². The Bertz CT molecular complexity index is 546. The first kappa shape index (κ1) is 15.1. The van der Waals surface area contributed by atoms with E-state index in [1.165, 1.54) is 18.2 Å². The minimum Gasteiger partial charge on any atom is -0.267 e. The predicted octanol–water partition coefficient (Wildman–Crippen LogP) is 3.45.